The Balaban J connectivity index is 1.50. The minimum absolute atomic E-state index is 0.00785. The fourth-order valence-electron chi connectivity index (χ4n) is 4.32. The Morgan fingerprint density at radius 1 is 1.40 bits per heavy atom. The van der Waals surface area contributed by atoms with Crippen molar-refractivity contribution < 1.29 is 32.4 Å². The van der Waals surface area contributed by atoms with Crippen LogP contribution < -0.4 is 5.73 Å². The van der Waals surface area contributed by atoms with Gasteiger partial charge in [-0.3, -0.25) is 22.9 Å². The number of rotatable bonds is 9. The van der Waals surface area contributed by atoms with Gasteiger partial charge in [-0.25, -0.2) is 19.5 Å². The zero-order chi connectivity index (χ0) is 25.4. The number of nitrogen functional groups attached to an aromatic ring is 1. The number of esters is 1. The number of carbonyl (C=O) groups excluding carboxylic acids is 1. The fourth-order valence-corrected chi connectivity index (χ4v) is 5.83. The molecule has 0 saturated carbocycles. The molecule has 0 spiro atoms. The fraction of sp³-hybridized carbons (Fsp3) is 0.667. The monoisotopic (exact) mass is 510 g/mol. The smallest absolute Gasteiger partial charge is 0.463 e. The van der Waals surface area contributed by atoms with Gasteiger partial charge in [-0.05, 0) is 27.0 Å². The van der Waals surface area contributed by atoms with Crippen LogP contribution in [0.15, 0.2) is 17.6 Å². The van der Waals surface area contributed by atoms with Gasteiger partial charge in [0, 0.05) is 0 Å². The van der Waals surface area contributed by atoms with Crippen LogP contribution in [0.25, 0.3) is 11.2 Å². The second-order valence-electron chi connectivity index (χ2n) is 9.27. The van der Waals surface area contributed by atoms with E-state index < -0.39 is 37.6 Å². The number of phosphoric acid groups is 1. The number of hydrogen-bond acceptors (Lipinski definition) is 12. The Morgan fingerprint density at radius 2 is 2.17 bits per heavy atom. The van der Waals surface area contributed by atoms with E-state index in [1.807, 2.05) is 6.92 Å². The number of ether oxygens (including phenoxy) is 2. The molecule has 2 saturated heterocycles. The van der Waals surface area contributed by atoms with E-state index in [1.165, 1.54) is 6.33 Å². The van der Waals surface area contributed by atoms with Crippen LogP contribution in [0.2, 0.25) is 0 Å². The number of phosphoric ester groups is 1. The standard InChI is InChI=1S/C21H31N6O7P/c1-12(2)32-19(28)13(3)6-7-30-35(29)31-8-14-16(34-35)21(4,9-23-5)20(33-14)27-11-26-15-17(22)24-10-25-18(15)27/h10-14,16,20H,5-9H2,1-4H3,(H2,22,24,25)/t13-,14+,16+,20+,21+,35-/m0/s1. The third-order valence-corrected chi connectivity index (χ3v) is 7.59. The molecule has 13 nitrogen and oxygen atoms in total. The number of aliphatic imine (C=N–C) groups is 1. The number of nitrogens with two attached hydrogens (primary N) is 1. The Kier molecular flexibility index (Phi) is 7.26. The molecular formula is C21H31N6O7P. The first kappa shape index (κ1) is 25.6. The van der Waals surface area contributed by atoms with Crippen LogP contribution in [0.5, 0.6) is 0 Å². The number of carbonyl (C=O) groups is 1. The second-order valence-corrected chi connectivity index (χ2v) is 10.9. The average Bonchev–Trinajstić information content (AvgIpc) is 3.33. The zero-order valence-corrected chi connectivity index (χ0v) is 21.1. The third-order valence-electron chi connectivity index (χ3n) is 6.14. The molecule has 2 aromatic heterocycles. The summed E-state index contributed by atoms with van der Waals surface area (Å²) in [6.07, 6.45) is 1.13. The number of aromatic nitrogens is 4. The minimum Gasteiger partial charge on any atom is -0.463 e. The van der Waals surface area contributed by atoms with E-state index in [1.54, 1.807) is 31.7 Å². The van der Waals surface area contributed by atoms with Crippen LogP contribution >= 0.6 is 7.82 Å². The quantitative estimate of drug-likeness (QED) is 0.300. The molecule has 6 atom stereocenters. The summed E-state index contributed by atoms with van der Waals surface area (Å²) in [7, 11) is -3.92. The zero-order valence-electron chi connectivity index (χ0n) is 20.2. The largest absolute Gasteiger partial charge is 0.475 e. The molecule has 35 heavy (non-hydrogen) atoms. The van der Waals surface area contributed by atoms with Gasteiger partial charge in [0.1, 0.15) is 30.3 Å². The van der Waals surface area contributed by atoms with Crippen LogP contribution in [0.3, 0.4) is 0 Å². The molecule has 4 rings (SSSR count). The molecule has 0 amide bonds. The van der Waals surface area contributed by atoms with Gasteiger partial charge in [0.2, 0.25) is 0 Å². The van der Waals surface area contributed by atoms with Crippen LogP contribution in [-0.2, 0) is 32.4 Å². The van der Waals surface area contributed by atoms with Crippen LogP contribution in [0.4, 0.5) is 5.82 Å². The van der Waals surface area contributed by atoms with Gasteiger partial charge in [0.05, 0.1) is 43.5 Å². The maximum Gasteiger partial charge on any atom is 0.475 e. The normalized spacial score (nSPS) is 31.4. The topological polar surface area (TPSA) is 162 Å². The Labute approximate surface area is 203 Å². The van der Waals surface area contributed by atoms with Gasteiger partial charge in [0.25, 0.3) is 0 Å². The number of nitrogens with zero attached hydrogens (tertiary/aromatic N) is 5. The molecule has 4 heterocycles. The molecule has 2 fully saturated rings. The van der Waals surface area contributed by atoms with E-state index in [2.05, 4.69) is 26.7 Å². The molecule has 0 aromatic carbocycles. The summed E-state index contributed by atoms with van der Waals surface area (Å²) in [4.78, 5) is 28.7. The predicted octanol–water partition coefficient (Wildman–Crippen LogP) is 2.53. The second kappa shape index (κ2) is 9.90. The molecular weight excluding hydrogens is 479 g/mol. The molecule has 2 aliphatic heterocycles. The van der Waals surface area contributed by atoms with E-state index in [4.69, 9.17) is 28.8 Å². The maximum absolute atomic E-state index is 13.3. The highest BCUT2D eigenvalue weighted by Gasteiger charge is 2.60. The maximum atomic E-state index is 13.3. The van der Waals surface area contributed by atoms with Crippen molar-refractivity contribution in [1.82, 2.24) is 19.5 Å². The van der Waals surface area contributed by atoms with Gasteiger partial charge in [-0.15, -0.1) is 0 Å². The molecule has 0 unspecified atom stereocenters. The van der Waals surface area contributed by atoms with E-state index in [9.17, 15) is 9.36 Å². The lowest BCUT2D eigenvalue weighted by Gasteiger charge is -2.37. The van der Waals surface area contributed by atoms with Crippen molar-refractivity contribution in [2.75, 3.05) is 25.5 Å². The molecule has 0 bridgehead atoms. The van der Waals surface area contributed by atoms with Crippen LogP contribution in [0, 0.1) is 11.3 Å². The van der Waals surface area contributed by atoms with Gasteiger partial charge in [-0.1, -0.05) is 13.8 Å². The first-order chi connectivity index (χ1) is 16.6. The van der Waals surface area contributed by atoms with Crippen molar-refractivity contribution in [1.29, 1.82) is 0 Å². The summed E-state index contributed by atoms with van der Waals surface area (Å²) in [6.45, 7) is 11.0. The summed E-state index contributed by atoms with van der Waals surface area (Å²) < 4.78 is 43.4. The Morgan fingerprint density at radius 3 is 2.89 bits per heavy atom. The van der Waals surface area contributed by atoms with E-state index >= 15 is 0 Å². The summed E-state index contributed by atoms with van der Waals surface area (Å²) in [5.74, 6) is -0.530. The molecule has 14 heteroatoms. The molecule has 192 valence electrons. The average molecular weight is 510 g/mol. The van der Waals surface area contributed by atoms with Gasteiger partial charge in [0.15, 0.2) is 11.5 Å². The molecule has 2 N–H and O–H groups in total. The highest BCUT2D eigenvalue weighted by atomic mass is 31.2. The molecule has 0 aliphatic carbocycles. The Hall–Kier alpha value is -2.44. The number of imidazole rings is 1. The van der Waals surface area contributed by atoms with Crippen molar-refractivity contribution >= 4 is 37.5 Å². The molecule has 0 radical (unpaired) electrons. The predicted molar refractivity (Wildman–Crippen MR) is 126 cm³/mol. The van der Waals surface area contributed by atoms with E-state index in [0.29, 0.717) is 17.6 Å². The summed E-state index contributed by atoms with van der Waals surface area (Å²) in [5.41, 5.74) is 6.05. The number of fused-ring (bicyclic) bond motifs is 2. The first-order valence-corrected chi connectivity index (χ1v) is 12.8. The summed E-state index contributed by atoms with van der Waals surface area (Å²) >= 11 is 0. The van der Waals surface area contributed by atoms with Crippen LogP contribution in [-0.4, -0.2) is 70.3 Å². The van der Waals surface area contributed by atoms with Crippen LogP contribution in [0.1, 0.15) is 40.3 Å². The summed E-state index contributed by atoms with van der Waals surface area (Å²) in [5, 5.41) is 0. The van der Waals surface area contributed by atoms with Gasteiger partial charge < -0.3 is 20.2 Å². The highest BCUT2D eigenvalue weighted by Crippen LogP contribution is 2.61. The number of anilines is 1. The lowest BCUT2D eigenvalue weighted by atomic mass is 9.82. The number of hydrogen-bond donors (Lipinski definition) is 1. The van der Waals surface area contributed by atoms with Crippen molar-refractivity contribution in [2.24, 2.45) is 16.3 Å². The summed E-state index contributed by atoms with van der Waals surface area (Å²) in [6, 6.07) is 0. The minimum atomic E-state index is -3.92. The van der Waals surface area contributed by atoms with E-state index in [0.717, 1.165) is 0 Å². The first-order valence-electron chi connectivity index (χ1n) is 11.4. The molecule has 2 aromatic rings. The van der Waals surface area contributed by atoms with E-state index in [-0.39, 0.29) is 37.6 Å². The lowest BCUT2D eigenvalue weighted by Crippen LogP contribution is -2.44. The van der Waals surface area contributed by atoms with Crippen molar-refractivity contribution in [2.45, 2.75) is 58.7 Å². The van der Waals surface area contributed by atoms with Crippen molar-refractivity contribution in [3.8, 4) is 0 Å². The lowest BCUT2D eigenvalue weighted by molar-refractivity contribution is -0.152. The van der Waals surface area contributed by atoms with Gasteiger partial charge >= 0.3 is 13.8 Å². The Bertz CT molecular complexity index is 1140. The third kappa shape index (κ3) is 4.96. The SMILES string of the molecule is C=NC[C@]1(C)[C@@H]2O[P@@](=O)(OCC[C@H](C)C(=O)OC(C)C)OC[C@H]2O[C@H]1n1cnc2c(N)ncnc21. The molecule has 2 aliphatic rings. The van der Waals surface area contributed by atoms with Crippen molar-refractivity contribution in [3.05, 3.63) is 12.7 Å². The van der Waals surface area contributed by atoms with Gasteiger partial charge in [-0.2, -0.15) is 0 Å². The highest BCUT2D eigenvalue weighted by molar-refractivity contribution is 7.48. The van der Waals surface area contributed by atoms with Crippen molar-refractivity contribution in [3.63, 3.8) is 0 Å².